The summed E-state index contributed by atoms with van der Waals surface area (Å²) in [5.41, 5.74) is 1.81. The number of nitrogens with one attached hydrogen (secondary N) is 1. The van der Waals surface area contributed by atoms with Crippen molar-refractivity contribution >= 4 is 17.8 Å². The number of hydrogen-bond donors (Lipinski definition) is 3. The number of hydrogen-bond acceptors (Lipinski definition) is 6. The number of amides is 1. The van der Waals surface area contributed by atoms with Gasteiger partial charge < -0.3 is 20.3 Å². The zero-order valence-electron chi connectivity index (χ0n) is 20.2. The predicted octanol–water partition coefficient (Wildman–Crippen LogP) is 3.23. The number of aromatic nitrogens is 1. The molecule has 214 valence electrons. The number of halogens is 6. The van der Waals surface area contributed by atoms with Crippen LogP contribution in [-0.2, 0) is 20.9 Å². The summed E-state index contributed by atoms with van der Waals surface area (Å²) in [6.45, 7) is 4.93. The molecule has 2 atom stereocenters. The van der Waals surface area contributed by atoms with Gasteiger partial charge in [0.05, 0.1) is 18.9 Å². The van der Waals surface area contributed by atoms with Crippen molar-refractivity contribution in [1.82, 2.24) is 15.2 Å². The van der Waals surface area contributed by atoms with Crippen molar-refractivity contribution < 1.29 is 55.7 Å². The molecule has 1 amide bonds. The topological polar surface area (TPSA) is 129 Å². The van der Waals surface area contributed by atoms with Gasteiger partial charge in [-0.15, -0.1) is 0 Å². The van der Waals surface area contributed by atoms with Crippen molar-refractivity contribution in [2.24, 2.45) is 11.3 Å². The van der Waals surface area contributed by atoms with Crippen LogP contribution in [0.15, 0.2) is 54.7 Å². The molecule has 3 N–H and O–H groups in total. The number of benzene rings is 1. The molecular weight excluding hydrogens is 540 g/mol. The first-order valence-electron chi connectivity index (χ1n) is 11.3. The van der Waals surface area contributed by atoms with Crippen molar-refractivity contribution in [1.29, 1.82) is 0 Å². The van der Waals surface area contributed by atoms with E-state index in [1.807, 2.05) is 48.7 Å². The van der Waals surface area contributed by atoms with E-state index in [4.69, 9.17) is 24.5 Å². The van der Waals surface area contributed by atoms with Crippen molar-refractivity contribution in [3.8, 4) is 0 Å². The highest BCUT2D eigenvalue weighted by Crippen LogP contribution is 2.41. The van der Waals surface area contributed by atoms with Gasteiger partial charge in [0, 0.05) is 49.3 Å². The van der Waals surface area contributed by atoms with Crippen LogP contribution in [0.4, 0.5) is 26.3 Å². The summed E-state index contributed by atoms with van der Waals surface area (Å²) < 4.78 is 69.2. The Kier molecular flexibility index (Phi) is 10.8. The lowest BCUT2D eigenvalue weighted by Gasteiger charge is -2.27. The van der Waals surface area contributed by atoms with Crippen molar-refractivity contribution in [3.05, 3.63) is 66.0 Å². The molecule has 0 aliphatic carbocycles. The van der Waals surface area contributed by atoms with Crippen LogP contribution in [0.3, 0.4) is 0 Å². The van der Waals surface area contributed by atoms with E-state index in [0.29, 0.717) is 24.6 Å². The normalized spacial score (nSPS) is 20.5. The molecule has 0 bridgehead atoms. The average molecular weight is 565 g/mol. The zero-order valence-corrected chi connectivity index (χ0v) is 20.2. The summed E-state index contributed by atoms with van der Waals surface area (Å²) in [6, 6.07) is 15.4. The lowest BCUT2D eigenvalue weighted by atomic mass is 9.81. The Labute approximate surface area is 218 Å². The highest BCUT2D eigenvalue weighted by molar-refractivity contribution is 5.94. The smallest absolute Gasteiger partial charge is 0.475 e. The van der Waals surface area contributed by atoms with Gasteiger partial charge in [-0.1, -0.05) is 24.3 Å². The fourth-order valence-electron chi connectivity index (χ4n) is 3.98. The van der Waals surface area contributed by atoms with E-state index < -0.39 is 24.3 Å². The maximum absolute atomic E-state index is 12.4. The molecule has 0 unspecified atom stereocenters. The number of ether oxygens (including phenoxy) is 1. The van der Waals surface area contributed by atoms with Gasteiger partial charge in [-0.25, -0.2) is 9.59 Å². The maximum atomic E-state index is 12.4. The molecule has 15 heteroatoms. The highest BCUT2D eigenvalue weighted by Gasteiger charge is 2.50. The summed E-state index contributed by atoms with van der Waals surface area (Å²) in [5.74, 6) is -5.06. The van der Waals surface area contributed by atoms with E-state index >= 15 is 0 Å². The summed E-state index contributed by atoms with van der Waals surface area (Å²) in [6.07, 6.45) is -8.33. The fraction of sp³-hybridized carbons (Fsp3) is 0.417. The van der Waals surface area contributed by atoms with E-state index in [1.54, 1.807) is 0 Å². The number of carboxylic acids is 2. The molecule has 2 fully saturated rings. The number of pyridine rings is 1. The second kappa shape index (κ2) is 13.4. The molecule has 2 aromatic rings. The number of carbonyl (C=O) groups excluding carboxylic acids is 1. The van der Waals surface area contributed by atoms with Crippen LogP contribution >= 0.6 is 0 Å². The SMILES string of the molecule is O=C(NC[C@]12COC[C@H]1CN(Cc1ccccn1)C2)c1ccccc1.O=C(O)C(F)(F)F.O=C(O)C(F)(F)F. The first kappa shape index (κ1) is 31.5. The molecule has 0 saturated carbocycles. The highest BCUT2D eigenvalue weighted by atomic mass is 19.4. The van der Waals surface area contributed by atoms with E-state index in [2.05, 4.69) is 21.3 Å². The molecule has 1 aromatic heterocycles. The monoisotopic (exact) mass is 565 g/mol. The number of nitrogens with zero attached hydrogens (tertiary/aromatic N) is 2. The summed E-state index contributed by atoms with van der Waals surface area (Å²) in [5, 5.41) is 17.4. The summed E-state index contributed by atoms with van der Waals surface area (Å²) in [4.78, 5) is 37.0. The maximum Gasteiger partial charge on any atom is 0.490 e. The third kappa shape index (κ3) is 9.83. The van der Waals surface area contributed by atoms with Crippen LogP contribution in [0.5, 0.6) is 0 Å². The van der Waals surface area contributed by atoms with Crippen molar-refractivity contribution in [2.45, 2.75) is 18.9 Å². The van der Waals surface area contributed by atoms with Gasteiger partial charge in [0.25, 0.3) is 5.91 Å². The van der Waals surface area contributed by atoms with E-state index in [-0.39, 0.29) is 11.3 Å². The van der Waals surface area contributed by atoms with Gasteiger partial charge in [-0.05, 0) is 24.3 Å². The van der Waals surface area contributed by atoms with E-state index in [0.717, 1.165) is 31.9 Å². The molecule has 0 spiro atoms. The molecule has 9 nitrogen and oxygen atoms in total. The number of carbonyl (C=O) groups is 3. The van der Waals surface area contributed by atoms with Crippen molar-refractivity contribution in [2.75, 3.05) is 32.8 Å². The van der Waals surface area contributed by atoms with Crippen LogP contribution in [0.25, 0.3) is 0 Å². The molecule has 2 saturated heterocycles. The lowest BCUT2D eigenvalue weighted by molar-refractivity contribution is -0.193. The number of alkyl halides is 6. The quantitative estimate of drug-likeness (QED) is 0.472. The van der Waals surface area contributed by atoms with Gasteiger partial charge in [0.15, 0.2) is 0 Å². The fourth-order valence-corrected chi connectivity index (χ4v) is 3.98. The third-order valence-corrected chi connectivity index (χ3v) is 5.83. The second-order valence-electron chi connectivity index (χ2n) is 8.72. The average Bonchev–Trinajstić information content (AvgIpc) is 3.40. The van der Waals surface area contributed by atoms with Crippen LogP contribution in [-0.4, -0.2) is 83.1 Å². The molecule has 2 aliphatic heterocycles. The molecule has 1 aromatic carbocycles. The van der Waals surface area contributed by atoms with Gasteiger partial charge in [0.1, 0.15) is 0 Å². The number of aliphatic carboxylic acids is 2. The van der Waals surface area contributed by atoms with Gasteiger partial charge in [-0.3, -0.25) is 14.7 Å². The predicted molar refractivity (Wildman–Crippen MR) is 122 cm³/mol. The zero-order chi connectivity index (χ0) is 29.3. The molecule has 0 radical (unpaired) electrons. The summed E-state index contributed by atoms with van der Waals surface area (Å²) in [7, 11) is 0. The Balaban J connectivity index is 0.000000317. The minimum atomic E-state index is -5.08. The number of likely N-dealkylation sites (tertiary alicyclic amines) is 1. The molecule has 2 aliphatic rings. The third-order valence-electron chi connectivity index (χ3n) is 5.83. The van der Waals surface area contributed by atoms with Crippen LogP contribution in [0.1, 0.15) is 16.1 Å². The lowest BCUT2D eigenvalue weighted by Crippen LogP contribution is -2.43. The number of rotatable bonds is 5. The van der Waals surface area contributed by atoms with Gasteiger partial charge in [0.2, 0.25) is 0 Å². The first-order chi connectivity index (χ1) is 18.1. The Morgan fingerprint density at radius 1 is 0.974 bits per heavy atom. The Morgan fingerprint density at radius 2 is 1.54 bits per heavy atom. The standard InChI is InChI=1S/C20H23N3O2.2C2HF3O2/c24-19(16-6-2-1-3-7-16)22-13-20-14-23(10-17(20)12-25-15-20)11-18-8-4-5-9-21-18;2*3-2(4,5)1(6)7/h1-9,17H,10-15H2,(H,22,24);2*(H,6,7)/t17-,20+;;/m1../s1. The Morgan fingerprint density at radius 3 is 2.05 bits per heavy atom. The van der Waals surface area contributed by atoms with Crippen LogP contribution in [0.2, 0.25) is 0 Å². The van der Waals surface area contributed by atoms with Crippen LogP contribution < -0.4 is 5.32 Å². The molecule has 3 heterocycles. The Hall–Kier alpha value is -3.72. The minimum Gasteiger partial charge on any atom is -0.475 e. The first-order valence-corrected chi connectivity index (χ1v) is 11.3. The number of fused-ring (bicyclic) bond motifs is 1. The van der Waals surface area contributed by atoms with E-state index in [1.165, 1.54) is 0 Å². The molecule has 4 rings (SSSR count). The number of carboxylic acid groups (broad SMARTS) is 2. The van der Waals surface area contributed by atoms with Gasteiger partial charge in [-0.2, -0.15) is 26.3 Å². The summed E-state index contributed by atoms with van der Waals surface area (Å²) >= 11 is 0. The van der Waals surface area contributed by atoms with Gasteiger partial charge >= 0.3 is 24.3 Å². The van der Waals surface area contributed by atoms with E-state index in [9.17, 15) is 31.1 Å². The molecule has 39 heavy (non-hydrogen) atoms. The Bertz CT molecular complexity index is 1080. The minimum absolute atomic E-state index is 0.0104. The largest absolute Gasteiger partial charge is 0.490 e. The van der Waals surface area contributed by atoms with Crippen molar-refractivity contribution in [3.63, 3.8) is 0 Å². The molecular formula is C24H25F6N3O6. The van der Waals surface area contributed by atoms with Crippen LogP contribution in [0, 0.1) is 11.3 Å². The second-order valence-corrected chi connectivity index (χ2v) is 8.72.